The van der Waals surface area contributed by atoms with E-state index in [-0.39, 0.29) is 62.1 Å². The summed E-state index contributed by atoms with van der Waals surface area (Å²) < 4.78 is 73.3. The van der Waals surface area contributed by atoms with Crippen molar-refractivity contribution in [3.8, 4) is 28.7 Å². The van der Waals surface area contributed by atoms with Crippen LogP contribution in [0.3, 0.4) is 0 Å². The molecule has 54 heavy (non-hydrogen) atoms. The summed E-state index contributed by atoms with van der Waals surface area (Å²) in [6, 6.07) is 10.5. The third kappa shape index (κ3) is 8.32. The van der Waals surface area contributed by atoms with Crippen LogP contribution in [0.15, 0.2) is 56.4 Å². The van der Waals surface area contributed by atoms with Gasteiger partial charge in [0.15, 0.2) is 24.4 Å². The van der Waals surface area contributed by atoms with Crippen molar-refractivity contribution >= 4 is 16.1 Å². The zero-order valence-electron chi connectivity index (χ0n) is 30.3. The SMILES string of the molecule is Cc1noc(C)c1-c1nc(COc2ccc(C[C@H](NC(=O)OC3COC4OCCC34)[C@H](O)CN(CC(C)C)S(=O)(=O)c3ccc4c(c3)OCO4)cc2)no1. The van der Waals surface area contributed by atoms with E-state index < -0.39 is 40.7 Å². The summed E-state index contributed by atoms with van der Waals surface area (Å²) in [6.07, 6.45) is -2.21. The number of amides is 1. The molecule has 4 aromatic rings. The molecule has 7 rings (SSSR count). The Hall–Kier alpha value is -4.75. The van der Waals surface area contributed by atoms with E-state index in [0.717, 1.165) is 5.56 Å². The smallest absolute Gasteiger partial charge is 0.407 e. The fourth-order valence-electron chi connectivity index (χ4n) is 6.68. The standard InChI is InChI=1S/C36H43N5O12S/c1-20(2)15-41(54(44,45)25-9-10-29-30(14-25)50-19-49-29)16-28(42)27(37-36(43)51-31-17-48-35-26(31)11-12-46-35)13-23-5-7-24(8-6-23)47-18-32-38-34(53-40-32)33-21(3)39-52-22(33)4/h5-10,14,20,26-28,31,35,42H,11-13,15-19H2,1-4H3,(H,37,43)/t26?,27-,28+,31?,35?/m0/s1. The highest BCUT2D eigenvalue weighted by Gasteiger charge is 2.44. The molecule has 3 aliphatic heterocycles. The minimum atomic E-state index is -4.10. The van der Waals surface area contributed by atoms with Crippen molar-refractivity contribution in [2.24, 2.45) is 11.8 Å². The number of sulfonamides is 1. The van der Waals surface area contributed by atoms with Crippen molar-refractivity contribution < 1.29 is 55.8 Å². The highest BCUT2D eigenvalue weighted by Crippen LogP contribution is 2.35. The highest BCUT2D eigenvalue weighted by atomic mass is 32.2. The molecule has 290 valence electrons. The number of aromatic nitrogens is 3. The van der Waals surface area contributed by atoms with Gasteiger partial charge in [0, 0.05) is 19.2 Å². The molecule has 5 atom stereocenters. The Morgan fingerprint density at radius 2 is 1.83 bits per heavy atom. The minimum Gasteiger partial charge on any atom is -0.485 e. The molecule has 18 heteroatoms. The summed E-state index contributed by atoms with van der Waals surface area (Å²) in [5.41, 5.74) is 2.00. The lowest BCUT2D eigenvalue weighted by Crippen LogP contribution is -2.51. The van der Waals surface area contributed by atoms with Gasteiger partial charge in [-0.05, 0) is 62.4 Å². The molecule has 0 spiro atoms. The lowest BCUT2D eigenvalue weighted by Gasteiger charge is -2.31. The first-order chi connectivity index (χ1) is 25.9. The van der Waals surface area contributed by atoms with Gasteiger partial charge in [0.1, 0.15) is 23.2 Å². The second-order valence-corrected chi connectivity index (χ2v) is 15.8. The van der Waals surface area contributed by atoms with E-state index in [1.807, 2.05) is 13.8 Å². The summed E-state index contributed by atoms with van der Waals surface area (Å²) in [4.78, 5) is 17.7. The molecule has 3 aliphatic rings. The zero-order chi connectivity index (χ0) is 38.0. The van der Waals surface area contributed by atoms with Crippen LogP contribution in [0, 0.1) is 25.7 Å². The molecule has 5 heterocycles. The summed E-state index contributed by atoms with van der Waals surface area (Å²) in [6.45, 7) is 7.83. The Bertz CT molecular complexity index is 2020. The number of carbonyl (C=O) groups excluding carboxylic acids is 1. The van der Waals surface area contributed by atoms with Crippen molar-refractivity contribution in [1.29, 1.82) is 0 Å². The maximum Gasteiger partial charge on any atom is 0.407 e. The molecule has 0 saturated carbocycles. The predicted octanol–water partition coefficient (Wildman–Crippen LogP) is 3.76. The van der Waals surface area contributed by atoms with Crippen LogP contribution in [0.4, 0.5) is 4.79 Å². The van der Waals surface area contributed by atoms with Gasteiger partial charge in [0.05, 0.1) is 41.9 Å². The Kier molecular flexibility index (Phi) is 11.1. The Labute approximate surface area is 311 Å². The molecule has 1 amide bonds. The molecular formula is C36H43N5O12S. The van der Waals surface area contributed by atoms with Crippen LogP contribution in [0.25, 0.3) is 11.5 Å². The number of nitrogens with zero attached hydrogens (tertiary/aromatic N) is 4. The maximum atomic E-state index is 14.0. The van der Waals surface area contributed by atoms with Gasteiger partial charge in [-0.15, -0.1) is 0 Å². The minimum absolute atomic E-state index is 0.00475. The number of benzene rings is 2. The van der Waals surface area contributed by atoms with E-state index in [9.17, 15) is 18.3 Å². The second-order valence-electron chi connectivity index (χ2n) is 13.9. The van der Waals surface area contributed by atoms with Gasteiger partial charge in [-0.25, -0.2) is 13.2 Å². The molecule has 3 unspecified atom stereocenters. The van der Waals surface area contributed by atoms with E-state index in [2.05, 4.69) is 20.6 Å². The van der Waals surface area contributed by atoms with Crippen molar-refractivity contribution in [1.82, 2.24) is 24.9 Å². The number of ether oxygens (including phenoxy) is 6. The van der Waals surface area contributed by atoms with Crippen LogP contribution in [-0.2, 0) is 37.3 Å². The zero-order valence-corrected chi connectivity index (χ0v) is 31.1. The Morgan fingerprint density at radius 3 is 2.59 bits per heavy atom. The van der Waals surface area contributed by atoms with Crippen LogP contribution in [0.2, 0.25) is 0 Å². The lowest BCUT2D eigenvalue weighted by molar-refractivity contribution is -0.0907. The van der Waals surface area contributed by atoms with Crippen LogP contribution >= 0.6 is 0 Å². The first-order valence-corrected chi connectivity index (χ1v) is 19.1. The molecule has 0 aliphatic carbocycles. The summed E-state index contributed by atoms with van der Waals surface area (Å²) in [5, 5.41) is 22.4. The predicted molar refractivity (Wildman–Crippen MR) is 187 cm³/mol. The number of nitrogens with one attached hydrogen (secondary N) is 1. The lowest BCUT2D eigenvalue weighted by atomic mass is 10.0. The largest absolute Gasteiger partial charge is 0.485 e. The average molecular weight is 770 g/mol. The van der Waals surface area contributed by atoms with E-state index in [1.165, 1.54) is 16.4 Å². The van der Waals surface area contributed by atoms with Gasteiger partial charge in [0.2, 0.25) is 22.6 Å². The number of hydrogen-bond donors (Lipinski definition) is 2. The fourth-order valence-corrected chi connectivity index (χ4v) is 8.32. The van der Waals surface area contributed by atoms with E-state index in [0.29, 0.717) is 53.1 Å². The van der Waals surface area contributed by atoms with Crippen molar-refractivity contribution in [3.05, 3.63) is 65.3 Å². The monoisotopic (exact) mass is 769 g/mol. The number of rotatable bonds is 15. The van der Waals surface area contributed by atoms with Crippen molar-refractivity contribution in [2.75, 3.05) is 33.1 Å². The topological polar surface area (TPSA) is 207 Å². The first kappa shape index (κ1) is 37.6. The van der Waals surface area contributed by atoms with E-state index >= 15 is 0 Å². The van der Waals surface area contributed by atoms with E-state index in [1.54, 1.807) is 44.2 Å². The van der Waals surface area contributed by atoms with Gasteiger partial charge < -0.3 is 47.9 Å². The summed E-state index contributed by atoms with van der Waals surface area (Å²) >= 11 is 0. The molecule has 2 saturated heterocycles. The average Bonchev–Trinajstić information content (AvgIpc) is 3.99. The number of carbonyl (C=O) groups is 1. The van der Waals surface area contributed by atoms with Crippen LogP contribution in [0.1, 0.15) is 43.1 Å². The van der Waals surface area contributed by atoms with Gasteiger partial charge in [-0.2, -0.15) is 9.29 Å². The highest BCUT2D eigenvalue weighted by molar-refractivity contribution is 7.89. The van der Waals surface area contributed by atoms with Crippen LogP contribution in [0.5, 0.6) is 17.2 Å². The number of aliphatic hydroxyl groups is 1. The van der Waals surface area contributed by atoms with Gasteiger partial charge >= 0.3 is 6.09 Å². The Balaban J connectivity index is 1.05. The molecule has 0 bridgehead atoms. The number of fused-ring (bicyclic) bond motifs is 2. The summed E-state index contributed by atoms with van der Waals surface area (Å²) in [5.74, 6) is 2.28. The fraction of sp³-hybridized carbons (Fsp3) is 0.500. The van der Waals surface area contributed by atoms with Crippen LogP contribution in [-0.4, -0.2) is 96.9 Å². The molecule has 2 aromatic carbocycles. The first-order valence-electron chi connectivity index (χ1n) is 17.7. The molecule has 2 fully saturated rings. The molecule has 0 radical (unpaired) electrons. The molecular weight excluding hydrogens is 726 g/mol. The van der Waals surface area contributed by atoms with Gasteiger partial charge in [0.25, 0.3) is 5.89 Å². The quantitative estimate of drug-likeness (QED) is 0.177. The molecule has 2 aromatic heterocycles. The molecule has 2 N–H and O–H groups in total. The Morgan fingerprint density at radius 1 is 1.04 bits per heavy atom. The number of hydrogen-bond acceptors (Lipinski definition) is 15. The third-order valence-electron chi connectivity index (χ3n) is 9.41. The normalized spacial score (nSPS) is 20.3. The number of aryl methyl sites for hydroxylation is 2. The maximum absolute atomic E-state index is 14.0. The van der Waals surface area contributed by atoms with Crippen molar-refractivity contribution in [2.45, 2.75) is 76.6 Å². The van der Waals surface area contributed by atoms with Gasteiger partial charge in [-0.3, -0.25) is 0 Å². The van der Waals surface area contributed by atoms with Crippen LogP contribution < -0.4 is 19.5 Å². The number of aliphatic hydroxyl groups excluding tert-OH is 1. The van der Waals surface area contributed by atoms with Gasteiger partial charge in [-0.1, -0.05) is 36.3 Å². The van der Waals surface area contributed by atoms with Crippen molar-refractivity contribution in [3.63, 3.8) is 0 Å². The summed E-state index contributed by atoms with van der Waals surface area (Å²) in [7, 11) is -4.10. The number of alkyl carbamates (subject to hydrolysis) is 1. The molecule has 17 nitrogen and oxygen atoms in total. The van der Waals surface area contributed by atoms with E-state index in [4.69, 9.17) is 37.5 Å². The second kappa shape index (κ2) is 15.9. The third-order valence-corrected chi connectivity index (χ3v) is 11.2.